The molecule has 0 aliphatic carbocycles. The van der Waals surface area contributed by atoms with Gasteiger partial charge in [-0.3, -0.25) is 9.80 Å². The van der Waals surface area contributed by atoms with Gasteiger partial charge in [0, 0.05) is 11.1 Å². The van der Waals surface area contributed by atoms with E-state index in [9.17, 15) is 20.3 Å². The first-order valence-electron chi connectivity index (χ1n) is 8.86. The minimum atomic E-state index is -0.595. The number of hydrogen-bond acceptors (Lipinski definition) is 6. The molecule has 3 aromatic rings. The van der Waals surface area contributed by atoms with Crippen molar-refractivity contribution in [2.24, 2.45) is 0 Å². The number of nitriles is 1. The third kappa shape index (κ3) is 3.78. The van der Waals surface area contributed by atoms with Crippen LogP contribution in [0.3, 0.4) is 0 Å². The van der Waals surface area contributed by atoms with Gasteiger partial charge in [0.15, 0.2) is 0 Å². The van der Waals surface area contributed by atoms with E-state index in [1.807, 2.05) is 66.7 Å². The zero-order valence-electron chi connectivity index (χ0n) is 15.2. The van der Waals surface area contributed by atoms with E-state index in [1.165, 1.54) is 5.01 Å². The summed E-state index contributed by atoms with van der Waals surface area (Å²) in [7, 11) is 0. The third-order valence-electron chi connectivity index (χ3n) is 4.28. The zero-order valence-corrected chi connectivity index (χ0v) is 15.2. The molecule has 7 nitrogen and oxygen atoms in total. The van der Waals surface area contributed by atoms with Crippen LogP contribution in [0.5, 0.6) is 0 Å². The van der Waals surface area contributed by atoms with Gasteiger partial charge in [-0.15, -0.1) is 9.89 Å². The molecule has 2 aromatic carbocycles. The normalized spacial score (nSPS) is 10.5. The molecule has 3 rings (SSSR count). The molecule has 1 heterocycles. The average molecular weight is 376 g/mol. The second kappa shape index (κ2) is 8.95. The van der Waals surface area contributed by atoms with Crippen molar-refractivity contribution < 1.29 is 10.2 Å². The van der Waals surface area contributed by atoms with Crippen molar-refractivity contribution >= 4 is 0 Å². The van der Waals surface area contributed by atoms with E-state index in [4.69, 9.17) is 0 Å². The average Bonchev–Trinajstić information content (AvgIpc) is 2.74. The first-order valence-corrected chi connectivity index (χ1v) is 8.86. The maximum absolute atomic E-state index is 13.0. The van der Waals surface area contributed by atoms with E-state index in [-0.39, 0.29) is 31.9 Å². The van der Waals surface area contributed by atoms with Gasteiger partial charge >= 0.3 is 5.56 Å². The van der Waals surface area contributed by atoms with Gasteiger partial charge in [0.05, 0.1) is 26.3 Å². The second-order valence-corrected chi connectivity index (χ2v) is 6.04. The summed E-state index contributed by atoms with van der Waals surface area (Å²) < 4.78 is 0. The summed E-state index contributed by atoms with van der Waals surface area (Å²) in [6.07, 6.45) is 0. The van der Waals surface area contributed by atoms with Crippen LogP contribution >= 0.6 is 0 Å². The lowest BCUT2D eigenvalue weighted by molar-refractivity contribution is 0.259. The largest absolute Gasteiger partial charge is 0.394 e. The Balaban J connectivity index is 2.35. The fraction of sp³-hybridized carbons (Fsp3) is 0.190. The highest BCUT2D eigenvalue weighted by atomic mass is 16.3. The minimum Gasteiger partial charge on any atom is -0.394 e. The van der Waals surface area contributed by atoms with Gasteiger partial charge in [0.1, 0.15) is 17.3 Å². The molecule has 0 amide bonds. The van der Waals surface area contributed by atoms with Crippen LogP contribution in [0.1, 0.15) is 5.56 Å². The maximum atomic E-state index is 13.0. The maximum Gasteiger partial charge on any atom is 0.304 e. The predicted octanol–water partition coefficient (Wildman–Crippen LogP) is 1.37. The smallest absolute Gasteiger partial charge is 0.304 e. The summed E-state index contributed by atoms with van der Waals surface area (Å²) in [5.41, 5.74) is 1.77. The molecular weight excluding hydrogens is 356 g/mol. The van der Waals surface area contributed by atoms with Crippen molar-refractivity contribution in [2.45, 2.75) is 0 Å². The number of hydrogen-bond donors (Lipinski definition) is 2. The number of nitrogens with zero attached hydrogens (tertiary/aromatic N) is 4. The highest BCUT2D eigenvalue weighted by molar-refractivity contribution is 5.84. The van der Waals surface area contributed by atoms with Crippen molar-refractivity contribution in [2.75, 3.05) is 31.3 Å². The molecule has 0 spiro atoms. The molecule has 0 radical (unpaired) electrons. The van der Waals surface area contributed by atoms with Crippen molar-refractivity contribution in [1.29, 1.82) is 5.26 Å². The number of aromatic nitrogens is 2. The number of aliphatic hydroxyl groups is 2. The highest BCUT2D eigenvalue weighted by Crippen LogP contribution is 2.31. The monoisotopic (exact) mass is 376 g/mol. The molecule has 0 bridgehead atoms. The van der Waals surface area contributed by atoms with Crippen molar-refractivity contribution in [1.82, 2.24) is 9.89 Å². The van der Waals surface area contributed by atoms with Gasteiger partial charge in [-0.25, -0.2) is 0 Å². The van der Waals surface area contributed by atoms with Crippen LogP contribution in [0.25, 0.3) is 22.4 Å². The Morgan fingerprint density at radius 2 is 1.46 bits per heavy atom. The summed E-state index contributed by atoms with van der Waals surface area (Å²) in [5, 5.41) is 34.4. The Kier molecular flexibility index (Phi) is 6.17. The summed E-state index contributed by atoms with van der Waals surface area (Å²) in [6, 6.07) is 20.5. The van der Waals surface area contributed by atoms with E-state index in [1.54, 1.807) is 0 Å². The van der Waals surface area contributed by atoms with Crippen molar-refractivity contribution in [3.8, 4) is 28.5 Å². The van der Waals surface area contributed by atoms with E-state index < -0.39 is 5.56 Å². The lowest BCUT2D eigenvalue weighted by Gasteiger charge is -2.25. The molecule has 7 heteroatoms. The minimum absolute atomic E-state index is 0.0408. The standard InChI is InChI=1S/C21H20N4O3/c22-15-18-19(16-7-3-1-4-8-16)20(17-9-5-2-6-10-17)23-25(21(18)28)24(11-13-26)12-14-27/h1-10,26-27H,11-14H2. The van der Waals surface area contributed by atoms with Crippen molar-refractivity contribution in [3.05, 3.63) is 76.6 Å². The van der Waals surface area contributed by atoms with Crippen LogP contribution in [0, 0.1) is 11.3 Å². The van der Waals surface area contributed by atoms with Crippen LogP contribution in [-0.2, 0) is 0 Å². The van der Waals surface area contributed by atoms with Crippen LogP contribution in [0.4, 0.5) is 0 Å². The summed E-state index contributed by atoms with van der Waals surface area (Å²) in [4.78, 5) is 14.1. The lowest BCUT2D eigenvalue weighted by atomic mass is 9.96. The Hall–Kier alpha value is -3.47. The number of rotatable bonds is 7. The van der Waals surface area contributed by atoms with Crippen LogP contribution in [-0.4, -0.2) is 46.4 Å². The molecule has 0 aliphatic rings. The van der Waals surface area contributed by atoms with Gasteiger partial charge < -0.3 is 10.2 Å². The molecule has 0 unspecified atom stereocenters. The van der Waals surface area contributed by atoms with E-state index in [2.05, 4.69) is 5.10 Å². The molecule has 0 fully saturated rings. The van der Waals surface area contributed by atoms with Gasteiger partial charge in [0.2, 0.25) is 0 Å². The predicted molar refractivity (Wildman–Crippen MR) is 106 cm³/mol. The molecule has 142 valence electrons. The van der Waals surface area contributed by atoms with Gasteiger partial charge in [-0.05, 0) is 5.56 Å². The molecular formula is C21H20N4O3. The SMILES string of the molecule is N#Cc1c(-c2ccccc2)c(-c2ccccc2)nn(N(CCO)CCO)c1=O. The van der Waals surface area contributed by atoms with Crippen LogP contribution in [0.15, 0.2) is 65.5 Å². The van der Waals surface area contributed by atoms with Crippen LogP contribution < -0.4 is 10.6 Å². The number of aliphatic hydroxyl groups excluding tert-OH is 2. The molecule has 0 atom stereocenters. The molecule has 2 N–H and O–H groups in total. The Morgan fingerprint density at radius 1 is 0.929 bits per heavy atom. The Morgan fingerprint density at radius 3 is 1.96 bits per heavy atom. The van der Waals surface area contributed by atoms with Gasteiger partial charge in [-0.1, -0.05) is 60.7 Å². The van der Waals surface area contributed by atoms with Gasteiger partial charge in [-0.2, -0.15) is 5.26 Å². The first kappa shape index (κ1) is 19.3. The summed E-state index contributed by atoms with van der Waals surface area (Å²) in [6.45, 7) is -0.261. The van der Waals surface area contributed by atoms with Crippen molar-refractivity contribution in [3.63, 3.8) is 0 Å². The molecule has 0 saturated heterocycles. The van der Waals surface area contributed by atoms with Gasteiger partial charge in [0.25, 0.3) is 0 Å². The lowest BCUT2D eigenvalue weighted by Crippen LogP contribution is -2.48. The fourth-order valence-corrected chi connectivity index (χ4v) is 3.03. The quantitative estimate of drug-likeness (QED) is 0.646. The topological polar surface area (TPSA) is 102 Å². The van der Waals surface area contributed by atoms with Crippen LogP contribution in [0.2, 0.25) is 0 Å². The zero-order chi connectivity index (χ0) is 19.9. The molecule has 1 aromatic heterocycles. The van der Waals surface area contributed by atoms with E-state index in [0.29, 0.717) is 16.8 Å². The third-order valence-corrected chi connectivity index (χ3v) is 4.28. The summed E-state index contributed by atoms with van der Waals surface area (Å²) >= 11 is 0. The fourth-order valence-electron chi connectivity index (χ4n) is 3.03. The van der Waals surface area contributed by atoms with E-state index in [0.717, 1.165) is 10.4 Å². The molecule has 0 saturated carbocycles. The molecule has 28 heavy (non-hydrogen) atoms. The first-order chi connectivity index (χ1) is 13.7. The Labute approximate surface area is 162 Å². The highest BCUT2D eigenvalue weighted by Gasteiger charge is 2.22. The number of benzene rings is 2. The Bertz CT molecular complexity index is 1020. The second-order valence-electron chi connectivity index (χ2n) is 6.04. The molecule has 0 aliphatic heterocycles. The summed E-state index contributed by atoms with van der Waals surface area (Å²) in [5.74, 6) is 0. The van der Waals surface area contributed by atoms with E-state index >= 15 is 0 Å².